The maximum Gasteiger partial charge on any atom is 0.0823 e. The lowest BCUT2D eigenvalue weighted by molar-refractivity contribution is 0.107. The Morgan fingerprint density at radius 3 is 2.62 bits per heavy atom. The number of fused-ring (bicyclic) bond motifs is 1. The molecule has 1 heteroatoms. The Morgan fingerprint density at radius 1 is 1.00 bits per heavy atom. The van der Waals surface area contributed by atoms with Gasteiger partial charge in [0.05, 0.1) is 6.10 Å². The average Bonchev–Trinajstić information content (AvgIpc) is 2.69. The van der Waals surface area contributed by atoms with Gasteiger partial charge >= 0.3 is 0 Å². The minimum atomic E-state index is -0.330. The van der Waals surface area contributed by atoms with Gasteiger partial charge in [0.25, 0.3) is 0 Å². The van der Waals surface area contributed by atoms with Crippen LogP contribution in [0.15, 0.2) is 60.7 Å². The van der Waals surface area contributed by atoms with Gasteiger partial charge in [0, 0.05) is 0 Å². The average molecular weight is 278 g/mol. The Morgan fingerprint density at radius 2 is 1.76 bits per heavy atom. The third-order valence-electron chi connectivity index (χ3n) is 4.39. The van der Waals surface area contributed by atoms with Gasteiger partial charge in [0.15, 0.2) is 0 Å². The van der Waals surface area contributed by atoms with Gasteiger partial charge < -0.3 is 5.11 Å². The summed E-state index contributed by atoms with van der Waals surface area (Å²) in [5, 5.41) is 10.7. The Labute approximate surface area is 127 Å². The van der Waals surface area contributed by atoms with Crippen molar-refractivity contribution < 1.29 is 5.11 Å². The number of aliphatic hydroxyl groups is 1. The Balaban J connectivity index is 1.70. The molecule has 21 heavy (non-hydrogen) atoms. The van der Waals surface area contributed by atoms with Crippen molar-refractivity contribution in [1.29, 1.82) is 0 Å². The lowest BCUT2D eigenvalue weighted by Crippen LogP contribution is -2.11. The van der Waals surface area contributed by atoms with Crippen molar-refractivity contribution in [3.8, 4) is 0 Å². The summed E-state index contributed by atoms with van der Waals surface area (Å²) in [6, 6.07) is 18.7. The molecule has 1 N–H and O–H groups in total. The molecule has 108 valence electrons. The van der Waals surface area contributed by atoms with E-state index in [1.54, 1.807) is 0 Å². The molecule has 0 saturated carbocycles. The smallest absolute Gasteiger partial charge is 0.0823 e. The highest BCUT2D eigenvalue weighted by Gasteiger charge is 2.24. The summed E-state index contributed by atoms with van der Waals surface area (Å²) in [5.41, 5.74) is 3.67. The van der Waals surface area contributed by atoms with Crippen molar-refractivity contribution in [2.24, 2.45) is 5.92 Å². The second-order valence-electron chi connectivity index (χ2n) is 5.84. The van der Waals surface area contributed by atoms with Crippen LogP contribution in [0.4, 0.5) is 0 Å². The fourth-order valence-corrected chi connectivity index (χ4v) is 3.21. The molecule has 0 saturated heterocycles. The minimum Gasteiger partial charge on any atom is -0.388 e. The summed E-state index contributed by atoms with van der Waals surface area (Å²) in [5.74, 6) is 0.327. The van der Waals surface area contributed by atoms with Gasteiger partial charge in [-0.3, -0.25) is 0 Å². The van der Waals surface area contributed by atoms with Gasteiger partial charge in [0.2, 0.25) is 0 Å². The zero-order valence-electron chi connectivity index (χ0n) is 12.3. The minimum absolute atomic E-state index is 0.327. The quantitative estimate of drug-likeness (QED) is 0.801. The molecule has 1 aliphatic rings. The summed E-state index contributed by atoms with van der Waals surface area (Å²) < 4.78 is 0. The number of aliphatic hydroxyl groups excluding tert-OH is 1. The van der Waals surface area contributed by atoms with Crippen molar-refractivity contribution >= 4 is 6.08 Å². The van der Waals surface area contributed by atoms with E-state index in [0.717, 1.165) is 31.2 Å². The summed E-state index contributed by atoms with van der Waals surface area (Å²) in [4.78, 5) is 0. The first kappa shape index (κ1) is 14.1. The summed E-state index contributed by atoms with van der Waals surface area (Å²) in [7, 11) is 0. The fourth-order valence-electron chi connectivity index (χ4n) is 3.21. The highest BCUT2D eigenvalue weighted by atomic mass is 16.3. The zero-order valence-corrected chi connectivity index (χ0v) is 12.3. The highest BCUT2D eigenvalue weighted by molar-refractivity contribution is 5.48. The lowest BCUT2D eigenvalue weighted by Gasteiger charge is -2.20. The molecule has 0 radical (unpaired) electrons. The van der Waals surface area contributed by atoms with Gasteiger partial charge in [-0.05, 0) is 48.3 Å². The first-order valence-corrected chi connectivity index (χ1v) is 7.82. The van der Waals surface area contributed by atoms with Crippen molar-refractivity contribution in [2.75, 3.05) is 0 Å². The first-order chi connectivity index (χ1) is 10.3. The van der Waals surface area contributed by atoms with E-state index in [4.69, 9.17) is 0 Å². The standard InChI is InChI=1S/C20H22O/c21-20-18(13-6-10-16-8-2-1-3-9-16)14-7-12-17-11-4-5-15-19(17)20/h1-6,8-11,15,18,20-21H,7,12-14H2. The maximum atomic E-state index is 10.7. The molecule has 0 aromatic heterocycles. The van der Waals surface area contributed by atoms with Crippen LogP contribution in [0.3, 0.4) is 0 Å². The Kier molecular flexibility index (Phi) is 4.52. The molecule has 2 aromatic carbocycles. The molecule has 0 aliphatic heterocycles. The molecule has 0 heterocycles. The van der Waals surface area contributed by atoms with Crippen LogP contribution in [0.1, 0.15) is 42.1 Å². The Hall–Kier alpha value is -1.86. The van der Waals surface area contributed by atoms with Crippen LogP contribution in [-0.4, -0.2) is 5.11 Å². The normalized spacial score (nSPS) is 22.0. The SMILES string of the molecule is OC1c2ccccc2CCCC1CC=Cc1ccccc1. The zero-order chi connectivity index (χ0) is 14.5. The molecule has 2 aromatic rings. The van der Waals surface area contributed by atoms with Crippen LogP contribution in [-0.2, 0) is 6.42 Å². The van der Waals surface area contributed by atoms with Crippen LogP contribution < -0.4 is 0 Å². The maximum absolute atomic E-state index is 10.7. The van der Waals surface area contributed by atoms with E-state index in [-0.39, 0.29) is 6.10 Å². The Bertz CT molecular complexity index is 600. The van der Waals surface area contributed by atoms with Crippen molar-refractivity contribution in [2.45, 2.75) is 31.8 Å². The molecule has 0 amide bonds. The lowest BCUT2D eigenvalue weighted by atomic mass is 9.90. The molecule has 2 atom stereocenters. The van der Waals surface area contributed by atoms with E-state index in [2.05, 4.69) is 54.6 Å². The van der Waals surface area contributed by atoms with Gasteiger partial charge in [-0.2, -0.15) is 0 Å². The van der Waals surface area contributed by atoms with E-state index in [9.17, 15) is 5.11 Å². The van der Waals surface area contributed by atoms with Gasteiger partial charge in [-0.1, -0.05) is 66.7 Å². The topological polar surface area (TPSA) is 20.2 Å². The van der Waals surface area contributed by atoms with Crippen molar-refractivity contribution in [3.63, 3.8) is 0 Å². The van der Waals surface area contributed by atoms with Gasteiger partial charge in [0.1, 0.15) is 0 Å². The summed E-state index contributed by atoms with van der Waals surface area (Å²) in [6.07, 6.45) is 8.31. The van der Waals surface area contributed by atoms with Crippen LogP contribution in [0.25, 0.3) is 6.08 Å². The van der Waals surface area contributed by atoms with Crippen molar-refractivity contribution in [3.05, 3.63) is 77.4 Å². The van der Waals surface area contributed by atoms with Crippen LogP contribution in [0.2, 0.25) is 0 Å². The molecule has 3 rings (SSSR count). The first-order valence-electron chi connectivity index (χ1n) is 7.82. The van der Waals surface area contributed by atoms with Crippen LogP contribution in [0.5, 0.6) is 0 Å². The molecular weight excluding hydrogens is 256 g/mol. The fraction of sp³-hybridized carbons (Fsp3) is 0.300. The second-order valence-corrected chi connectivity index (χ2v) is 5.84. The third kappa shape index (κ3) is 3.43. The number of benzene rings is 2. The summed E-state index contributed by atoms with van der Waals surface area (Å²) in [6.45, 7) is 0. The van der Waals surface area contributed by atoms with Crippen molar-refractivity contribution in [1.82, 2.24) is 0 Å². The third-order valence-corrected chi connectivity index (χ3v) is 4.39. The predicted molar refractivity (Wildman–Crippen MR) is 87.9 cm³/mol. The van der Waals surface area contributed by atoms with Crippen LogP contribution in [0, 0.1) is 5.92 Å². The largest absolute Gasteiger partial charge is 0.388 e. The van der Waals surface area contributed by atoms with E-state index in [1.807, 2.05) is 12.1 Å². The van der Waals surface area contributed by atoms with Gasteiger partial charge in [-0.15, -0.1) is 0 Å². The number of hydrogen-bond acceptors (Lipinski definition) is 1. The predicted octanol–water partition coefficient (Wildman–Crippen LogP) is 4.78. The number of rotatable bonds is 3. The van der Waals surface area contributed by atoms with E-state index in [0.29, 0.717) is 5.92 Å². The van der Waals surface area contributed by atoms with E-state index < -0.39 is 0 Å². The van der Waals surface area contributed by atoms with E-state index in [1.165, 1.54) is 11.1 Å². The van der Waals surface area contributed by atoms with E-state index >= 15 is 0 Å². The summed E-state index contributed by atoms with van der Waals surface area (Å²) >= 11 is 0. The second kappa shape index (κ2) is 6.73. The highest BCUT2D eigenvalue weighted by Crippen LogP contribution is 2.35. The molecule has 0 spiro atoms. The molecule has 0 bridgehead atoms. The molecule has 2 unspecified atom stereocenters. The molecule has 1 nitrogen and oxygen atoms in total. The monoisotopic (exact) mass is 278 g/mol. The number of hydrogen-bond donors (Lipinski definition) is 1. The van der Waals surface area contributed by atoms with Crippen LogP contribution >= 0.6 is 0 Å². The molecule has 1 aliphatic carbocycles. The number of allylic oxidation sites excluding steroid dienone is 1. The molecule has 0 fully saturated rings. The van der Waals surface area contributed by atoms with Gasteiger partial charge in [-0.25, -0.2) is 0 Å². The number of aryl methyl sites for hydroxylation is 1. The molecular formula is C20H22O.